The molecule has 4 rings (SSSR count). The maximum Gasteiger partial charge on any atom is 0.278 e. The fourth-order valence-electron chi connectivity index (χ4n) is 3.25. The van der Waals surface area contributed by atoms with Gasteiger partial charge in [-0.15, -0.1) is 0 Å². The van der Waals surface area contributed by atoms with Crippen molar-refractivity contribution in [1.82, 2.24) is 24.8 Å². The Morgan fingerprint density at radius 1 is 1.26 bits per heavy atom. The Morgan fingerprint density at radius 2 is 2.11 bits per heavy atom. The van der Waals surface area contributed by atoms with Gasteiger partial charge in [-0.05, 0) is 37.5 Å². The first-order chi connectivity index (χ1) is 13.2. The molecule has 1 saturated heterocycles. The Morgan fingerprint density at radius 3 is 2.89 bits per heavy atom. The van der Waals surface area contributed by atoms with E-state index in [1.165, 1.54) is 0 Å². The molecule has 1 fully saturated rings. The van der Waals surface area contributed by atoms with Crippen LogP contribution in [0, 0.1) is 0 Å². The lowest BCUT2D eigenvalue weighted by atomic mass is 10.0. The molecule has 140 valence electrons. The molecule has 0 aliphatic carbocycles. The van der Waals surface area contributed by atoms with Crippen LogP contribution in [0.2, 0.25) is 0 Å². The van der Waals surface area contributed by atoms with Crippen LogP contribution in [0.5, 0.6) is 5.75 Å². The Hall–Kier alpha value is -3.16. The monoisotopic (exact) mass is 367 g/mol. The zero-order valence-corrected chi connectivity index (χ0v) is 15.1. The number of likely N-dealkylation sites (tertiary alicyclic amines) is 1. The molecule has 3 heterocycles. The number of hydrogen-bond donors (Lipinski definition) is 0. The van der Waals surface area contributed by atoms with Crippen LogP contribution in [0.4, 0.5) is 0 Å². The lowest BCUT2D eigenvalue weighted by molar-refractivity contribution is -0.137. The molecule has 0 N–H and O–H groups in total. The van der Waals surface area contributed by atoms with Crippen molar-refractivity contribution >= 4 is 5.91 Å². The fourth-order valence-corrected chi connectivity index (χ4v) is 3.25. The van der Waals surface area contributed by atoms with Gasteiger partial charge in [0.15, 0.2) is 18.1 Å². The predicted octanol–water partition coefficient (Wildman–Crippen LogP) is 2.60. The lowest BCUT2D eigenvalue weighted by Crippen LogP contribution is -2.41. The Kier molecular flexibility index (Phi) is 4.86. The second-order valence-corrected chi connectivity index (χ2v) is 6.53. The minimum Gasteiger partial charge on any atom is -0.484 e. The van der Waals surface area contributed by atoms with E-state index in [-0.39, 0.29) is 18.6 Å². The fraction of sp³-hybridized carbons (Fsp3) is 0.368. The van der Waals surface area contributed by atoms with Crippen LogP contribution in [-0.4, -0.2) is 43.9 Å². The third kappa shape index (κ3) is 3.84. The van der Waals surface area contributed by atoms with Gasteiger partial charge < -0.3 is 14.2 Å². The molecule has 1 atom stereocenters. The number of para-hydroxylation sites is 1. The van der Waals surface area contributed by atoms with Crippen LogP contribution in [0.25, 0.3) is 11.6 Å². The van der Waals surface area contributed by atoms with Crippen molar-refractivity contribution in [3.05, 3.63) is 48.4 Å². The van der Waals surface area contributed by atoms with Gasteiger partial charge in [0.1, 0.15) is 5.75 Å². The van der Waals surface area contributed by atoms with Crippen molar-refractivity contribution in [2.24, 2.45) is 7.05 Å². The normalized spacial score (nSPS) is 17.1. The summed E-state index contributed by atoms with van der Waals surface area (Å²) in [4.78, 5) is 19.0. The van der Waals surface area contributed by atoms with Crippen LogP contribution in [0.15, 0.2) is 47.1 Å². The molecule has 8 nitrogen and oxygen atoms in total. The minimum atomic E-state index is -0.202. The number of benzene rings is 1. The largest absolute Gasteiger partial charge is 0.484 e. The molecule has 0 spiro atoms. The summed E-state index contributed by atoms with van der Waals surface area (Å²) < 4.78 is 12.7. The SMILES string of the molecule is Cn1ccc(-c2nc([C@H]3CCCCN3C(=O)COc3ccccc3)no2)n1. The molecule has 3 aromatic rings. The van der Waals surface area contributed by atoms with E-state index in [1.807, 2.05) is 49.6 Å². The molecule has 2 aromatic heterocycles. The average molecular weight is 367 g/mol. The molecule has 1 aliphatic rings. The molecule has 1 amide bonds. The highest BCUT2D eigenvalue weighted by molar-refractivity contribution is 5.78. The maximum atomic E-state index is 12.7. The van der Waals surface area contributed by atoms with E-state index in [0.29, 0.717) is 29.7 Å². The van der Waals surface area contributed by atoms with Crippen molar-refractivity contribution in [3.63, 3.8) is 0 Å². The van der Waals surface area contributed by atoms with Crippen LogP contribution >= 0.6 is 0 Å². The molecule has 0 unspecified atom stereocenters. The van der Waals surface area contributed by atoms with E-state index < -0.39 is 0 Å². The highest BCUT2D eigenvalue weighted by Gasteiger charge is 2.32. The second kappa shape index (κ2) is 7.61. The van der Waals surface area contributed by atoms with E-state index in [9.17, 15) is 4.79 Å². The smallest absolute Gasteiger partial charge is 0.278 e. The van der Waals surface area contributed by atoms with Crippen molar-refractivity contribution in [1.29, 1.82) is 0 Å². The Bertz CT molecular complexity index is 905. The molecular formula is C19H21N5O3. The number of carbonyl (C=O) groups excluding carboxylic acids is 1. The number of nitrogens with zero attached hydrogens (tertiary/aromatic N) is 5. The number of hydrogen-bond acceptors (Lipinski definition) is 6. The number of rotatable bonds is 5. The predicted molar refractivity (Wildman–Crippen MR) is 96.7 cm³/mol. The van der Waals surface area contributed by atoms with E-state index in [2.05, 4.69) is 15.2 Å². The third-order valence-electron chi connectivity index (χ3n) is 4.60. The van der Waals surface area contributed by atoms with Crippen LogP contribution in [0.3, 0.4) is 0 Å². The van der Waals surface area contributed by atoms with Gasteiger partial charge in [0, 0.05) is 19.8 Å². The third-order valence-corrected chi connectivity index (χ3v) is 4.60. The topological polar surface area (TPSA) is 86.3 Å². The van der Waals surface area contributed by atoms with Gasteiger partial charge in [-0.1, -0.05) is 23.4 Å². The van der Waals surface area contributed by atoms with Gasteiger partial charge in [-0.25, -0.2) is 0 Å². The maximum absolute atomic E-state index is 12.7. The summed E-state index contributed by atoms with van der Waals surface area (Å²) in [6.07, 6.45) is 4.59. The van der Waals surface area contributed by atoms with E-state index in [4.69, 9.17) is 9.26 Å². The van der Waals surface area contributed by atoms with Crippen LogP contribution in [0.1, 0.15) is 31.1 Å². The quantitative estimate of drug-likeness (QED) is 0.689. The number of aromatic nitrogens is 4. The van der Waals surface area contributed by atoms with Crippen molar-refractivity contribution in [3.8, 4) is 17.3 Å². The van der Waals surface area contributed by atoms with Gasteiger partial charge in [0.05, 0.1) is 6.04 Å². The minimum absolute atomic E-state index is 0.00847. The number of piperidine rings is 1. The number of aryl methyl sites for hydroxylation is 1. The standard InChI is InChI=1S/C19H21N5O3/c1-23-12-10-15(21-23)19-20-18(22-27-19)16-9-5-6-11-24(16)17(25)13-26-14-7-3-2-4-8-14/h2-4,7-8,10,12,16H,5-6,9,11,13H2,1H3/t16-/m1/s1. The first-order valence-electron chi connectivity index (χ1n) is 9.01. The second-order valence-electron chi connectivity index (χ2n) is 6.53. The van der Waals surface area contributed by atoms with Crippen molar-refractivity contribution < 1.29 is 14.1 Å². The zero-order valence-electron chi connectivity index (χ0n) is 15.1. The Labute approximate surface area is 156 Å². The molecule has 8 heteroatoms. The molecule has 1 aromatic carbocycles. The molecule has 27 heavy (non-hydrogen) atoms. The van der Waals surface area contributed by atoms with Crippen LogP contribution in [-0.2, 0) is 11.8 Å². The first kappa shape index (κ1) is 17.3. The first-order valence-corrected chi connectivity index (χ1v) is 9.01. The van der Waals surface area contributed by atoms with Crippen molar-refractivity contribution in [2.75, 3.05) is 13.2 Å². The van der Waals surface area contributed by atoms with Crippen LogP contribution < -0.4 is 4.74 Å². The van der Waals surface area contributed by atoms with E-state index in [1.54, 1.807) is 9.58 Å². The summed E-state index contributed by atoms with van der Waals surface area (Å²) in [5.41, 5.74) is 0.623. The summed E-state index contributed by atoms with van der Waals surface area (Å²) >= 11 is 0. The van der Waals surface area contributed by atoms with E-state index >= 15 is 0 Å². The van der Waals surface area contributed by atoms with Crippen molar-refractivity contribution in [2.45, 2.75) is 25.3 Å². The number of carbonyl (C=O) groups is 1. The number of amides is 1. The van der Waals surface area contributed by atoms with Gasteiger partial charge in [-0.3, -0.25) is 9.48 Å². The van der Waals surface area contributed by atoms with Gasteiger partial charge in [0.2, 0.25) is 0 Å². The lowest BCUT2D eigenvalue weighted by Gasteiger charge is -2.33. The average Bonchev–Trinajstić information content (AvgIpc) is 3.36. The molecule has 0 saturated carbocycles. The molecule has 0 radical (unpaired) electrons. The summed E-state index contributed by atoms with van der Waals surface area (Å²) in [6.45, 7) is 0.653. The van der Waals surface area contributed by atoms with Gasteiger partial charge >= 0.3 is 0 Å². The summed E-state index contributed by atoms with van der Waals surface area (Å²) in [6, 6.07) is 10.9. The highest BCUT2D eigenvalue weighted by Crippen LogP contribution is 2.30. The molecule has 1 aliphatic heterocycles. The number of ether oxygens (including phenoxy) is 1. The molecule has 0 bridgehead atoms. The summed E-state index contributed by atoms with van der Waals surface area (Å²) in [5.74, 6) is 1.48. The molecular weight excluding hydrogens is 346 g/mol. The van der Waals surface area contributed by atoms with Gasteiger partial charge in [-0.2, -0.15) is 10.1 Å². The van der Waals surface area contributed by atoms with Gasteiger partial charge in [0.25, 0.3) is 11.8 Å². The highest BCUT2D eigenvalue weighted by atomic mass is 16.5. The zero-order chi connectivity index (χ0) is 18.6. The van der Waals surface area contributed by atoms with E-state index in [0.717, 1.165) is 19.3 Å². The Balaban J connectivity index is 1.47. The summed E-state index contributed by atoms with van der Waals surface area (Å²) in [5, 5.41) is 8.38. The summed E-state index contributed by atoms with van der Waals surface area (Å²) in [7, 11) is 1.83.